The Balaban J connectivity index is 1.93. The molecule has 1 aliphatic heterocycles. The molecule has 1 heterocycles. The molecular formula is C18H29NO4S. The molecule has 1 saturated heterocycles. The van der Waals surface area contributed by atoms with Crippen LogP contribution in [-0.4, -0.2) is 43.1 Å². The number of hydrogen-bond donors (Lipinski definition) is 0. The fourth-order valence-electron chi connectivity index (χ4n) is 5.78. The first kappa shape index (κ1) is 17.9. The molecule has 3 rings (SSSR count). The van der Waals surface area contributed by atoms with Crippen LogP contribution in [0.25, 0.3) is 0 Å². The van der Waals surface area contributed by atoms with Gasteiger partial charge in [0.15, 0.2) is 0 Å². The molecule has 2 aliphatic carbocycles. The van der Waals surface area contributed by atoms with E-state index < -0.39 is 22.0 Å². The molecule has 1 spiro atoms. The quantitative estimate of drug-likeness (QED) is 0.711. The molecule has 5 nitrogen and oxygen atoms in total. The second kappa shape index (κ2) is 5.84. The van der Waals surface area contributed by atoms with Crippen molar-refractivity contribution in [2.45, 2.75) is 59.1 Å². The second-order valence-corrected chi connectivity index (χ2v) is 9.88. The van der Waals surface area contributed by atoms with Crippen LogP contribution in [0.1, 0.15) is 47.0 Å². The zero-order chi connectivity index (χ0) is 17.9. The number of carbonyl (C=O) groups is 1. The summed E-state index contributed by atoms with van der Waals surface area (Å²) in [4.78, 5) is 12.9. The number of amides is 1. The Morgan fingerprint density at radius 2 is 2.04 bits per heavy atom. The van der Waals surface area contributed by atoms with Crippen molar-refractivity contribution in [1.82, 2.24) is 4.31 Å². The molecule has 0 aromatic carbocycles. The molecule has 0 radical (unpaired) electrons. The first-order valence-corrected chi connectivity index (χ1v) is 10.6. The minimum absolute atomic E-state index is 0.117. The van der Waals surface area contributed by atoms with E-state index >= 15 is 0 Å². The molecule has 2 saturated carbocycles. The first-order chi connectivity index (χ1) is 11.2. The van der Waals surface area contributed by atoms with Gasteiger partial charge in [0.1, 0.15) is 0 Å². The van der Waals surface area contributed by atoms with Crippen LogP contribution < -0.4 is 0 Å². The minimum Gasteiger partial charge on any atom is -0.374 e. The van der Waals surface area contributed by atoms with Gasteiger partial charge in [-0.15, -0.1) is 0 Å². The third kappa shape index (κ3) is 2.37. The largest absolute Gasteiger partial charge is 0.374 e. The fraction of sp³-hybridized carbons (Fsp3) is 0.833. The van der Waals surface area contributed by atoms with E-state index in [1.54, 1.807) is 6.92 Å². The number of fused-ring (bicyclic) bond motifs is 1. The van der Waals surface area contributed by atoms with Crippen LogP contribution in [0, 0.1) is 23.2 Å². The maximum absolute atomic E-state index is 12.9. The van der Waals surface area contributed by atoms with Gasteiger partial charge in [0.05, 0.1) is 17.9 Å². The highest BCUT2D eigenvalue weighted by atomic mass is 32.2. The number of rotatable bonds is 5. The number of ether oxygens (including phenoxy) is 1. The van der Waals surface area contributed by atoms with Crippen LogP contribution in [0.3, 0.4) is 0 Å². The zero-order valence-electron chi connectivity index (χ0n) is 15.1. The number of nitrogens with zero attached hydrogens (tertiary/aromatic N) is 1. The van der Waals surface area contributed by atoms with Crippen molar-refractivity contribution in [1.29, 1.82) is 0 Å². The van der Waals surface area contributed by atoms with Crippen molar-refractivity contribution in [2.75, 3.05) is 12.4 Å². The summed E-state index contributed by atoms with van der Waals surface area (Å²) in [6.07, 6.45) is 2.35. The highest BCUT2D eigenvalue weighted by Crippen LogP contribution is 2.65. The number of sulfonamides is 1. The summed E-state index contributed by atoms with van der Waals surface area (Å²) in [6.45, 7) is 12.3. The Kier molecular flexibility index (Phi) is 4.36. The standard InChI is InChI=1S/C18H29NO4S/c1-6-23-13(5)12(4)17(20)19-15-9-14-7-8-18(15,10-24(19,21)22)16(14)11(2)3/h11,13-16H,4,6-10H2,1-3,5H3. The topological polar surface area (TPSA) is 63.7 Å². The first-order valence-electron chi connectivity index (χ1n) is 9.02. The van der Waals surface area contributed by atoms with Gasteiger partial charge in [-0.3, -0.25) is 4.79 Å². The molecular weight excluding hydrogens is 326 g/mol. The van der Waals surface area contributed by atoms with Crippen LogP contribution in [0.4, 0.5) is 0 Å². The maximum atomic E-state index is 12.9. The molecule has 1 amide bonds. The Morgan fingerprint density at radius 1 is 1.38 bits per heavy atom. The number of carbonyl (C=O) groups excluding carboxylic acids is 1. The molecule has 5 atom stereocenters. The van der Waals surface area contributed by atoms with Gasteiger partial charge in [0.25, 0.3) is 5.91 Å². The predicted octanol–water partition coefficient (Wildman–Crippen LogP) is 2.58. The molecule has 24 heavy (non-hydrogen) atoms. The van der Waals surface area contributed by atoms with E-state index in [1.807, 2.05) is 6.92 Å². The lowest BCUT2D eigenvalue weighted by Gasteiger charge is -2.34. The molecule has 0 aromatic rings. The Hall–Kier alpha value is -0.880. The van der Waals surface area contributed by atoms with E-state index in [4.69, 9.17) is 4.74 Å². The third-order valence-corrected chi connectivity index (χ3v) is 8.40. The second-order valence-electron chi connectivity index (χ2n) is 8.03. The summed E-state index contributed by atoms with van der Waals surface area (Å²) >= 11 is 0. The van der Waals surface area contributed by atoms with Gasteiger partial charge in [-0.25, -0.2) is 12.7 Å². The minimum atomic E-state index is -3.58. The lowest BCUT2D eigenvalue weighted by molar-refractivity contribution is -0.126. The lowest BCUT2D eigenvalue weighted by atomic mass is 9.73. The summed E-state index contributed by atoms with van der Waals surface area (Å²) < 4.78 is 32.4. The van der Waals surface area contributed by atoms with Crippen molar-refractivity contribution in [3.05, 3.63) is 12.2 Å². The molecule has 3 aliphatic rings. The summed E-state index contributed by atoms with van der Waals surface area (Å²) in [5.74, 6) is 1.03. The lowest BCUT2D eigenvalue weighted by Crippen LogP contribution is -2.45. The van der Waals surface area contributed by atoms with Gasteiger partial charge in [0, 0.05) is 17.6 Å². The Labute approximate surface area is 145 Å². The molecule has 136 valence electrons. The SMILES string of the molecule is C=C(C(=O)N1C2CC3CCC2(CS1(=O)=O)C3C(C)C)C(C)OCC. The van der Waals surface area contributed by atoms with Crippen LogP contribution in [0.2, 0.25) is 0 Å². The molecule has 3 fully saturated rings. The summed E-state index contributed by atoms with van der Waals surface area (Å²) in [7, 11) is -3.58. The molecule has 0 aromatic heterocycles. The van der Waals surface area contributed by atoms with Crippen molar-refractivity contribution in [3.63, 3.8) is 0 Å². The van der Waals surface area contributed by atoms with Crippen molar-refractivity contribution < 1.29 is 17.9 Å². The molecule has 6 heteroatoms. The normalized spacial score (nSPS) is 37.7. The van der Waals surface area contributed by atoms with Crippen LogP contribution in [0.5, 0.6) is 0 Å². The average Bonchev–Trinajstić information content (AvgIpc) is 3.05. The van der Waals surface area contributed by atoms with Crippen molar-refractivity contribution in [2.24, 2.45) is 23.2 Å². The predicted molar refractivity (Wildman–Crippen MR) is 92.8 cm³/mol. The van der Waals surface area contributed by atoms with Crippen LogP contribution >= 0.6 is 0 Å². The van der Waals surface area contributed by atoms with E-state index in [9.17, 15) is 13.2 Å². The zero-order valence-corrected chi connectivity index (χ0v) is 15.9. The molecule has 2 bridgehead atoms. The Morgan fingerprint density at radius 3 is 2.62 bits per heavy atom. The van der Waals surface area contributed by atoms with E-state index in [-0.39, 0.29) is 22.8 Å². The smallest absolute Gasteiger partial charge is 0.265 e. The maximum Gasteiger partial charge on any atom is 0.265 e. The van der Waals surface area contributed by atoms with Gasteiger partial charge >= 0.3 is 0 Å². The highest BCUT2D eigenvalue weighted by molar-refractivity contribution is 7.90. The third-order valence-electron chi connectivity index (χ3n) is 6.48. The van der Waals surface area contributed by atoms with Gasteiger partial charge in [-0.1, -0.05) is 20.4 Å². The highest BCUT2D eigenvalue weighted by Gasteiger charge is 2.69. The average molecular weight is 356 g/mol. The summed E-state index contributed by atoms with van der Waals surface area (Å²) in [5, 5.41) is 0. The Bertz CT molecular complexity index is 656. The van der Waals surface area contributed by atoms with E-state index in [1.165, 1.54) is 4.31 Å². The van der Waals surface area contributed by atoms with E-state index in [0.29, 0.717) is 24.4 Å². The van der Waals surface area contributed by atoms with Crippen LogP contribution in [-0.2, 0) is 19.6 Å². The molecule has 0 N–H and O–H groups in total. The number of hydrogen-bond acceptors (Lipinski definition) is 4. The van der Waals surface area contributed by atoms with Crippen LogP contribution in [0.15, 0.2) is 12.2 Å². The van der Waals surface area contributed by atoms with E-state index in [0.717, 1.165) is 19.3 Å². The molecule has 5 unspecified atom stereocenters. The van der Waals surface area contributed by atoms with Gasteiger partial charge in [0.2, 0.25) is 10.0 Å². The fourth-order valence-corrected chi connectivity index (χ4v) is 8.18. The monoisotopic (exact) mass is 355 g/mol. The summed E-state index contributed by atoms with van der Waals surface area (Å²) in [6, 6.07) is -0.188. The summed E-state index contributed by atoms with van der Waals surface area (Å²) in [5.41, 5.74) is -0.0102. The van der Waals surface area contributed by atoms with Crippen molar-refractivity contribution >= 4 is 15.9 Å². The van der Waals surface area contributed by atoms with Gasteiger partial charge < -0.3 is 4.74 Å². The van der Waals surface area contributed by atoms with Gasteiger partial charge in [-0.05, 0) is 50.9 Å². The van der Waals surface area contributed by atoms with E-state index in [2.05, 4.69) is 20.4 Å². The van der Waals surface area contributed by atoms with Gasteiger partial charge in [-0.2, -0.15) is 0 Å². The van der Waals surface area contributed by atoms with Crippen molar-refractivity contribution in [3.8, 4) is 0 Å².